The predicted molar refractivity (Wildman–Crippen MR) is 87.2 cm³/mol. The monoisotopic (exact) mass is 315 g/mol. The first-order valence-electron chi connectivity index (χ1n) is 7.44. The lowest BCUT2D eigenvalue weighted by atomic mass is 9.91. The lowest BCUT2D eigenvalue weighted by Crippen LogP contribution is -2.34. The van der Waals surface area contributed by atoms with Gasteiger partial charge in [0.05, 0.1) is 0 Å². The summed E-state index contributed by atoms with van der Waals surface area (Å²) in [5.41, 5.74) is 0.658. The Balaban J connectivity index is 2.00. The van der Waals surface area contributed by atoms with Gasteiger partial charge in [0.2, 0.25) is 0 Å². The van der Waals surface area contributed by atoms with Gasteiger partial charge in [-0.2, -0.15) is 11.8 Å². The largest absolute Gasteiger partial charge is 0.314 e. The average molecular weight is 316 g/mol. The Bertz CT molecular complexity index is 401. The number of thioether (sulfide) groups is 1. The fourth-order valence-corrected chi connectivity index (χ4v) is 4.33. The summed E-state index contributed by atoms with van der Waals surface area (Å²) in [6.45, 7) is 3.02. The van der Waals surface area contributed by atoms with Crippen LogP contribution in [0.2, 0.25) is 5.02 Å². The van der Waals surface area contributed by atoms with E-state index in [1.165, 1.54) is 30.4 Å². The summed E-state index contributed by atoms with van der Waals surface area (Å²) >= 11 is 8.19. The second-order valence-corrected chi connectivity index (χ2v) is 7.08. The predicted octanol–water partition coefficient (Wildman–Crippen LogP) is 4.53. The van der Waals surface area contributed by atoms with Crippen LogP contribution in [0.25, 0.3) is 0 Å². The molecule has 1 heterocycles. The SMILES string of the molecule is CCNC(Cc1c(F)cccc1Cl)CC1CCSCC1. The van der Waals surface area contributed by atoms with Gasteiger partial charge in [0.1, 0.15) is 5.82 Å². The minimum absolute atomic E-state index is 0.181. The van der Waals surface area contributed by atoms with Crippen LogP contribution in [0.15, 0.2) is 18.2 Å². The fraction of sp³-hybridized carbons (Fsp3) is 0.625. The average Bonchev–Trinajstić information content (AvgIpc) is 2.44. The zero-order valence-corrected chi connectivity index (χ0v) is 13.6. The molecule has 1 unspecified atom stereocenters. The second kappa shape index (κ2) is 8.26. The fourth-order valence-electron chi connectivity index (χ4n) is 2.89. The van der Waals surface area contributed by atoms with Gasteiger partial charge in [-0.1, -0.05) is 24.6 Å². The van der Waals surface area contributed by atoms with Crippen LogP contribution in [0.5, 0.6) is 0 Å². The number of hydrogen-bond donors (Lipinski definition) is 1. The van der Waals surface area contributed by atoms with Gasteiger partial charge in [-0.05, 0) is 61.8 Å². The van der Waals surface area contributed by atoms with Gasteiger partial charge in [0.25, 0.3) is 0 Å². The van der Waals surface area contributed by atoms with Gasteiger partial charge < -0.3 is 5.32 Å². The summed E-state index contributed by atoms with van der Waals surface area (Å²) in [7, 11) is 0. The van der Waals surface area contributed by atoms with E-state index >= 15 is 0 Å². The molecule has 0 aliphatic carbocycles. The number of halogens is 2. The van der Waals surface area contributed by atoms with Crippen LogP contribution in [-0.4, -0.2) is 24.1 Å². The second-order valence-electron chi connectivity index (χ2n) is 5.45. The highest BCUT2D eigenvalue weighted by molar-refractivity contribution is 7.99. The topological polar surface area (TPSA) is 12.0 Å². The Morgan fingerprint density at radius 3 is 2.80 bits per heavy atom. The van der Waals surface area contributed by atoms with Gasteiger partial charge in [-0.15, -0.1) is 0 Å². The van der Waals surface area contributed by atoms with E-state index in [0.717, 1.165) is 18.9 Å². The van der Waals surface area contributed by atoms with Crippen molar-refractivity contribution in [1.29, 1.82) is 0 Å². The van der Waals surface area contributed by atoms with Gasteiger partial charge >= 0.3 is 0 Å². The molecule has 1 saturated heterocycles. The van der Waals surface area contributed by atoms with Gasteiger partial charge in [0, 0.05) is 16.6 Å². The van der Waals surface area contributed by atoms with Crippen molar-refractivity contribution in [2.24, 2.45) is 5.92 Å². The standard InChI is InChI=1S/C16H23ClFNS/c1-2-19-13(10-12-6-8-20-9-7-12)11-14-15(17)4-3-5-16(14)18/h3-5,12-13,19H,2,6-11H2,1H3. The molecule has 1 nitrogen and oxygen atoms in total. The van der Waals surface area contributed by atoms with E-state index in [2.05, 4.69) is 12.2 Å². The maximum atomic E-state index is 13.9. The molecule has 0 spiro atoms. The molecular weight excluding hydrogens is 293 g/mol. The van der Waals surface area contributed by atoms with Crippen molar-refractivity contribution in [3.05, 3.63) is 34.6 Å². The summed E-state index contributed by atoms with van der Waals surface area (Å²) in [5, 5.41) is 4.05. The highest BCUT2D eigenvalue weighted by Crippen LogP contribution is 2.28. The van der Waals surface area contributed by atoms with Crippen LogP contribution in [0, 0.1) is 11.7 Å². The summed E-state index contributed by atoms with van der Waals surface area (Å²) in [6, 6.07) is 5.27. The van der Waals surface area contributed by atoms with Crippen molar-refractivity contribution in [3.63, 3.8) is 0 Å². The van der Waals surface area contributed by atoms with Crippen molar-refractivity contribution in [2.75, 3.05) is 18.1 Å². The van der Waals surface area contributed by atoms with E-state index in [1.54, 1.807) is 12.1 Å². The highest BCUT2D eigenvalue weighted by Gasteiger charge is 2.20. The van der Waals surface area contributed by atoms with E-state index < -0.39 is 0 Å². The van der Waals surface area contributed by atoms with Crippen molar-refractivity contribution in [2.45, 2.75) is 38.6 Å². The molecule has 1 aliphatic heterocycles. The molecule has 112 valence electrons. The minimum atomic E-state index is -0.181. The molecule has 4 heteroatoms. The molecule has 2 rings (SSSR count). The van der Waals surface area contributed by atoms with E-state index in [1.807, 2.05) is 11.8 Å². The van der Waals surface area contributed by atoms with Gasteiger partial charge in [-0.3, -0.25) is 0 Å². The number of hydrogen-bond acceptors (Lipinski definition) is 2. The van der Waals surface area contributed by atoms with Crippen molar-refractivity contribution < 1.29 is 4.39 Å². The third-order valence-corrected chi connectivity index (χ3v) is 5.37. The highest BCUT2D eigenvalue weighted by atomic mass is 35.5. The first-order valence-corrected chi connectivity index (χ1v) is 8.98. The first-order chi connectivity index (χ1) is 9.70. The molecule has 0 radical (unpaired) electrons. The summed E-state index contributed by atoms with van der Waals surface area (Å²) < 4.78 is 13.9. The van der Waals surface area contributed by atoms with Crippen LogP contribution in [0.3, 0.4) is 0 Å². The maximum absolute atomic E-state index is 13.9. The summed E-state index contributed by atoms with van der Waals surface area (Å²) in [4.78, 5) is 0. The Labute approximate surface area is 130 Å². The van der Waals surface area contributed by atoms with Crippen molar-refractivity contribution in [3.8, 4) is 0 Å². The van der Waals surface area contributed by atoms with Crippen LogP contribution < -0.4 is 5.32 Å². The first kappa shape index (κ1) is 16.1. The normalized spacial score (nSPS) is 18.1. The van der Waals surface area contributed by atoms with Crippen LogP contribution in [0.1, 0.15) is 31.7 Å². The van der Waals surface area contributed by atoms with E-state index in [0.29, 0.717) is 23.0 Å². The molecular formula is C16H23ClFNS. The Morgan fingerprint density at radius 1 is 1.40 bits per heavy atom. The number of benzene rings is 1. The molecule has 0 amide bonds. The maximum Gasteiger partial charge on any atom is 0.127 e. The molecule has 1 fully saturated rings. The zero-order chi connectivity index (χ0) is 14.4. The smallest absolute Gasteiger partial charge is 0.127 e. The summed E-state index contributed by atoms with van der Waals surface area (Å²) in [6.07, 6.45) is 4.39. The summed E-state index contributed by atoms with van der Waals surface area (Å²) in [5.74, 6) is 3.12. The molecule has 0 aromatic heterocycles. The van der Waals surface area contributed by atoms with Crippen molar-refractivity contribution in [1.82, 2.24) is 5.32 Å². The molecule has 1 aliphatic rings. The molecule has 1 aromatic carbocycles. The Hall–Kier alpha value is -0.250. The lowest BCUT2D eigenvalue weighted by molar-refractivity contribution is 0.364. The van der Waals surface area contributed by atoms with Crippen LogP contribution in [0.4, 0.5) is 4.39 Å². The Kier molecular flexibility index (Phi) is 6.66. The molecule has 0 saturated carbocycles. The number of nitrogens with one attached hydrogen (secondary N) is 1. The third-order valence-electron chi connectivity index (χ3n) is 3.96. The lowest BCUT2D eigenvalue weighted by Gasteiger charge is -2.27. The van der Waals surface area contributed by atoms with Gasteiger partial charge in [-0.25, -0.2) is 4.39 Å². The Morgan fingerprint density at radius 2 is 2.15 bits per heavy atom. The van der Waals surface area contributed by atoms with E-state index in [-0.39, 0.29) is 5.82 Å². The quantitative estimate of drug-likeness (QED) is 0.827. The van der Waals surface area contributed by atoms with Crippen LogP contribution in [-0.2, 0) is 6.42 Å². The molecule has 20 heavy (non-hydrogen) atoms. The minimum Gasteiger partial charge on any atom is -0.314 e. The third kappa shape index (κ3) is 4.64. The van der Waals surface area contributed by atoms with E-state index in [4.69, 9.17) is 11.6 Å². The molecule has 0 bridgehead atoms. The number of rotatable bonds is 6. The number of likely N-dealkylation sites (N-methyl/N-ethyl adjacent to an activating group) is 1. The van der Waals surface area contributed by atoms with E-state index in [9.17, 15) is 4.39 Å². The molecule has 1 N–H and O–H groups in total. The van der Waals surface area contributed by atoms with Gasteiger partial charge in [0.15, 0.2) is 0 Å². The van der Waals surface area contributed by atoms with Crippen LogP contribution >= 0.6 is 23.4 Å². The molecule has 1 aromatic rings. The molecule has 1 atom stereocenters. The zero-order valence-electron chi connectivity index (χ0n) is 12.0. The van der Waals surface area contributed by atoms with Crippen molar-refractivity contribution >= 4 is 23.4 Å².